The van der Waals surface area contributed by atoms with Crippen LogP contribution in [0.5, 0.6) is 0 Å². The number of amides is 1. The van der Waals surface area contributed by atoms with Gasteiger partial charge in [-0.1, -0.05) is 12.1 Å². The number of benzene rings is 2. The zero-order valence-corrected chi connectivity index (χ0v) is 19.4. The number of rotatable bonds is 8. The quantitative estimate of drug-likeness (QED) is 0.327. The van der Waals surface area contributed by atoms with Crippen molar-refractivity contribution in [3.05, 3.63) is 67.0 Å². The van der Waals surface area contributed by atoms with Gasteiger partial charge in [0, 0.05) is 60.0 Å². The Hall–Kier alpha value is -4.55. The maximum atomic E-state index is 12.4. The average Bonchev–Trinajstić information content (AvgIpc) is 2.88. The zero-order chi connectivity index (χ0) is 24.9. The second kappa shape index (κ2) is 10.4. The second-order valence-corrected chi connectivity index (χ2v) is 8.46. The van der Waals surface area contributed by atoms with Crippen molar-refractivity contribution in [1.29, 1.82) is 0 Å². The number of hydrogen-bond donors (Lipinski definition) is 3. The van der Waals surface area contributed by atoms with E-state index in [-0.39, 0.29) is 6.67 Å². The van der Waals surface area contributed by atoms with Crippen LogP contribution in [-0.2, 0) is 4.79 Å². The summed E-state index contributed by atoms with van der Waals surface area (Å²) in [5.41, 5.74) is 4.56. The van der Waals surface area contributed by atoms with Gasteiger partial charge in [-0.05, 0) is 48.4 Å². The van der Waals surface area contributed by atoms with Crippen LogP contribution >= 0.6 is 0 Å². The van der Waals surface area contributed by atoms with Crippen molar-refractivity contribution >= 4 is 39.8 Å². The van der Waals surface area contributed by atoms with Gasteiger partial charge < -0.3 is 16.0 Å². The molecule has 1 fully saturated rings. The minimum absolute atomic E-state index is 0.307. The van der Waals surface area contributed by atoms with Crippen molar-refractivity contribution in [3.63, 3.8) is 0 Å². The van der Waals surface area contributed by atoms with Crippen molar-refractivity contribution in [1.82, 2.24) is 19.9 Å². The third-order valence-corrected chi connectivity index (χ3v) is 5.89. The van der Waals surface area contributed by atoms with E-state index in [0.717, 1.165) is 35.4 Å². The second-order valence-electron chi connectivity index (χ2n) is 8.46. The number of likely N-dealkylation sites (tertiary alicyclic amines) is 1. The lowest BCUT2D eigenvalue weighted by Gasteiger charge is -2.39. The summed E-state index contributed by atoms with van der Waals surface area (Å²) in [6, 6.07) is 17.4. The number of terminal acetylenes is 1. The van der Waals surface area contributed by atoms with Gasteiger partial charge in [0.15, 0.2) is 0 Å². The SMILES string of the molecule is C#CC(=O)Nc1cccc(-c2nccc3cnc(Nc4ccc(NC5CN(CCF)C5)cc4)nc23)c1. The molecule has 0 radical (unpaired) electrons. The summed E-state index contributed by atoms with van der Waals surface area (Å²) >= 11 is 0. The lowest BCUT2D eigenvalue weighted by Crippen LogP contribution is -2.55. The minimum Gasteiger partial charge on any atom is -0.380 e. The van der Waals surface area contributed by atoms with E-state index in [1.165, 1.54) is 0 Å². The first-order valence-corrected chi connectivity index (χ1v) is 11.5. The van der Waals surface area contributed by atoms with Crippen LogP contribution < -0.4 is 16.0 Å². The highest BCUT2D eigenvalue weighted by Gasteiger charge is 2.25. The topological polar surface area (TPSA) is 95.1 Å². The fourth-order valence-corrected chi connectivity index (χ4v) is 4.12. The Balaban J connectivity index is 1.32. The van der Waals surface area contributed by atoms with Crippen LogP contribution in [0.1, 0.15) is 0 Å². The number of anilines is 4. The van der Waals surface area contributed by atoms with Crippen LogP contribution in [0.3, 0.4) is 0 Å². The average molecular weight is 482 g/mol. The molecule has 0 bridgehead atoms. The summed E-state index contributed by atoms with van der Waals surface area (Å²) in [5, 5.41) is 10.2. The zero-order valence-electron chi connectivity index (χ0n) is 19.4. The van der Waals surface area contributed by atoms with Crippen LogP contribution in [-0.4, -0.2) is 58.1 Å². The molecular weight excluding hydrogens is 457 g/mol. The van der Waals surface area contributed by atoms with Gasteiger partial charge in [0.1, 0.15) is 12.2 Å². The molecule has 8 nitrogen and oxygen atoms in total. The highest BCUT2D eigenvalue weighted by atomic mass is 19.1. The van der Waals surface area contributed by atoms with E-state index < -0.39 is 5.91 Å². The lowest BCUT2D eigenvalue weighted by atomic mass is 10.1. The van der Waals surface area contributed by atoms with E-state index in [1.54, 1.807) is 24.5 Å². The standard InChI is InChI=1S/C27H24FN7O/c1-2-24(36)32-22-5-3-4-18(14-22)25-26-19(10-12-29-25)15-30-27(34-26)33-21-8-6-20(7-9-21)31-23-16-35(17-23)13-11-28/h1,3-10,12,14-15,23,31H,11,13,16-17H2,(H,32,36)(H,30,33,34). The van der Waals surface area contributed by atoms with Crippen LogP contribution in [0, 0.1) is 12.3 Å². The van der Waals surface area contributed by atoms with E-state index in [9.17, 15) is 9.18 Å². The van der Waals surface area contributed by atoms with Gasteiger partial charge >= 0.3 is 0 Å². The number of nitrogens with zero attached hydrogens (tertiary/aromatic N) is 4. The molecule has 2 aromatic heterocycles. The Kier molecular flexibility index (Phi) is 6.69. The number of aromatic nitrogens is 3. The van der Waals surface area contributed by atoms with E-state index in [2.05, 4.69) is 30.8 Å². The van der Waals surface area contributed by atoms with Crippen LogP contribution in [0.15, 0.2) is 67.0 Å². The third kappa shape index (κ3) is 5.24. The maximum absolute atomic E-state index is 12.4. The molecule has 36 heavy (non-hydrogen) atoms. The number of carbonyl (C=O) groups is 1. The molecule has 1 amide bonds. The molecule has 2 aromatic carbocycles. The smallest absolute Gasteiger partial charge is 0.300 e. The molecule has 0 saturated carbocycles. The van der Waals surface area contributed by atoms with Crippen molar-refractivity contribution in [2.75, 3.05) is 42.3 Å². The fourth-order valence-electron chi connectivity index (χ4n) is 4.12. The van der Waals surface area contributed by atoms with Crippen molar-refractivity contribution in [2.45, 2.75) is 6.04 Å². The van der Waals surface area contributed by atoms with Crippen molar-refractivity contribution < 1.29 is 9.18 Å². The van der Waals surface area contributed by atoms with E-state index in [0.29, 0.717) is 35.4 Å². The van der Waals surface area contributed by atoms with Crippen LogP contribution in [0.25, 0.3) is 22.2 Å². The first-order valence-electron chi connectivity index (χ1n) is 11.5. The van der Waals surface area contributed by atoms with Gasteiger partial charge in [-0.3, -0.25) is 14.7 Å². The highest BCUT2D eigenvalue weighted by molar-refractivity contribution is 6.04. The first-order chi connectivity index (χ1) is 17.6. The van der Waals surface area contributed by atoms with Crippen LogP contribution in [0.2, 0.25) is 0 Å². The fraction of sp³-hybridized carbons (Fsp3) is 0.185. The molecule has 1 saturated heterocycles. The normalized spacial score (nSPS) is 13.6. The van der Waals surface area contributed by atoms with Crippen LogP contribution in [0.4, 0.5) is 27.4 Å². The minimum atomic E-state index is -0.514. The summed E-state index contributed by atoms with van der Waals surface area (Å²) < 4.78 is 12.4. The van der Waals surface area contributed by atoms with Crippen molar-refractivity contribution in [2.24, 2.45) is 0 Å². The molecule has 3 N–H and O–H groups in total. The van der Waals surface area contributed by atoms with E-state index in [1.807, 2.05) is 48.4 Å². The van der Waals surface area contributed by atoms with Gasteiger partial charge in [0.05, 0.1) is 11.7 Å². The monoisotopic (exact) mass is 481 g/mol. The molecule has 0 unspecified atom stereocenters. The van der Waals surface area contributed by atoms with E-state index >= 15 is 0 Å². The largest absolute Gasteiger partial charge is 0.380 e. The number of alkyl halides is 1. The molecule has 0 spiro atoms. The lowest BCUT2D eigenvalue weighted by molar-refractivity contribution is -0.111. The van der Waals surface area contributed by atoms with Gasteiger partial charge in [0.2, 0.25) is 5.95 Å². The van der Waals surface area contributed by atoms with Gasteiger partial charge in [-0.2, -0.15) is 0 Å². The first kappa shape index (κ1) is 23.2. The molecule has 0 aliphatic carbocycles. The number of fused-ring (bicyclic) bond motifs is 1. The summed E-state index contributed by atoms with van der Waals surface area (Å²) in [6.45, 7) is 1.89. The molecule has 5 rings (SSSR count). The summed E-state index contributed by atoms with van der Waals surface area (Å²) in [4.78, 5) is 27.4. The molecule has 4 aromatic rings. The number of halogens is 1. The number of carbonyl (C=O) groups excluding carboxylic acids is 1. The molecule has 3 heterocycles. The summed E-state index contributed by atoms with van der Waals surface area (Å²) in [5.74, 6) is 1.97. The summed E-state index contributed by atoms with van der Waals surface area (Å²) in [7, 11) is 0. The molecule has 1 aliphatic rings. The number of hydrogen-bond acceptors (Lipinski definition) is 7. The number of nitrogens with one attached hydrogen (secondary N) is 3. The Bertz CT molecular complexity index is 1430. The molecule has 9 heteroatoms. The Labute approximate surface area is 208 Å². The summed E-state index contributed by atoms with van der Waals surface area (Å²) in [6.07, 6.45) is 8.61. The van der Waals surface area contributed by atoms with Gasteiger partial charge in [-0.25, -0.2) is 14.4 Å². The van der Waals surface area contributed by atoms with Gasteiger partial charge in [-0.15, -0.1) is 6.42 Å². The van der Waals surface area contributed by atoms with Gasteiger partial charge in [0.25, 0.3) is 5.91 Å². The van der Waals surface area contributed by atoms with E-state index in [4.69, 9.17) is 11.4 Å². The molecule has 180 valence electrons. The molecule has 0 atom stereocenters. The third-order valence-electron chi connectivity index (χ3n) is 5.89. The Morgan fingerprint density at radius 3 is 2.67 bits per heavy atom. The van der Waals surface area contributed by atoms with Crippen molar-refractivity contribution in [3.8, 4) is 23.6 Å². The predicted molar refractivity (Wildman–Crippen MR) is 140 cm³/mol. The maximum Gasteiger partial charge on any atom is 0.300 e. The Morgan fingerprint density at radius 2 is 1.89 bits per heavy atom. The molecular formula is C27H24FN7O. The highest BCUT2D eigenvalue weighted by Crippen LogP contribution is 2.28. The predicted octanol–water partition coefficient (Wildman–Crippen LogP) is 4.07. The molecule has 1 aliphatic heterocycles. The number of pyridine rings is 1. The Morgan fingerprint density at radius 1 is 1.08 bits per heavy atom.